The van der Waals surface area contributed by atoms with Gasteiger partial charge in [-0.1, -0.05) is 158 Å². The van der Waals surface area contributed by atoms with E-state index in [2.05, 4.69) is 205 Å². The number of benzene rings is 9. The first-order valence-corrected chi connectivity index (χ1v) is 17.8. The van der Waals surface area contributed by atoms with Gasteiger partial charge < -0.3 is 9.32 Å². The van der Waals surface area contributed by atoms with Crippen LogP contribution in [0.3, 0.4) is 0 Å². The number of rotatable bonds is 6. The van der Waals surface area contributed by atoms with Gasteiger partial charge in [0.2, 0.25) is 0 Å². The molecule has 0 aliphatic carbocycles. The third-order valence-electron chi connectivity index (χ3n) is 10.2. The number of hydrogen-bond donors (Lipinski definition) is 0. The van der Waals surface area contributed by atoms with Gasteiger partial charge in [-0.3, -0.25) is 0 Å². The summed E-state index contributed by atoms with van der Waals surface area (Å²) in [5.41, 5.74) is 12.1. The molecule has 1 aromatic heterocycles. The zero-order valence-electron chi connectivity index (χ0n) is 28.4. The van der Waals surface area contributed by atoms with Gasteiger partial charge in [-0.2, -0.15) is 0 Å². The molecule has 0 saturated heterocycles. The molecule has 2 heteroatoms. The number of anilines is 3. The van der Waals surface area contributed by atoms with E-state index in [1.807, 2.05) is 0 Å². The standard InChI is InChI=1S/C50H33NO/c1-4-14-34(15-5-1)36-24-28-40(29-25-36)51(41-30-26-37(27-31-41)35-16-6-2-7-17-35)46-33-39-32-45(38-18-8-3-9-19-38)50-49(44-22-12-13-23-47(44)52-50)48(39)43-21-11-10-20-42(43)46/h1-33H. The average molecular weight is 664 g/mol. The van der Waals surface area contributed by atoms with E-state index in [1.165, 1.54) is 43.8 Å². The van der Waals surface area contributed by atoms with Gasteiger partial charge in [0.25, 0.3) is 0 Å². The summed E-state index contributed by atoms with van der Waals surface area (Å²) in [6.45, 7) is 0. The minimum Gasteiger partial charge on any atom is -0.455 e. The van der Waals surface area contributed by atoms with Gasteiger partial charge in [0.05, 0.1) is 5.69 Å². The van der Waals surface area contributed by atoms with Gasteiger partial charge in [-0.15, -0.1) is 0 Å². The van der Waals surface area contributed by atoms with Crippen LogP contribution in [0, 0.1) is 0 Å². The van der Waals surface area contributed by atoms with E-state index in [1.54, 1.807) is 0 Å². The van der Waals surface area contributed by atoms with Crippen molar-refractivity contribution < 1.29 is 4.42 Å². The van der Waals surface area contributed by atoms with Gasteiger partial charge in [0.15, 0.2) is 0 Å². The molecule has 10 aromatic rings. The van der Waals surface area contributed by atoms with E-state index < -0.39 is 0 Å². The van der Waals surface area contributed by atoms with Crippen molar-refractivity contribution in [2.24, 2.45) is 0 Å². The van der Waals surface area contributed by atoms with Crippen molar-refractivity contribution in [1.29, 1.82) is 0 Å². The normalized spacial score (nSPS) is 11.5. The highest BCUT2D eigenvalue weighted by molar-refractivity contribution is 6.31. The second-order valence-corrected chi connectivity index (χ2v) is 13.3. The van der Waals surface area contributed by atoms with Crippen LogP contribution in [0.25, 0.3) is 76.9 Å². The largest absolute Gasteiger partial charge is 0.455 e. The lowest BCUT2D eigenvalue weighted by molar-refractivity contribution is 0.670. The summed E-state index contributed by atoms with van der Waals surface area (Å²) in [7, 11) is 0. The molecular formula is C50H33NO. The molecule has 9 aromatic carbocycles. The predicted octanol–water partition coefficient (Wildman–Crippen LogP) is 14.4. The van der Waals surface area contributed by atoms with Crippen molar-refractivity contribution in [3.63, 3.8) is 0 Å². The Labute approximate surface area is 302 Å². The SMILES string of the molecule is c1ccc(-c2ccc(N(c3ccc(-c4ccccc4)cc3)c3cc4cc(-c5ccccc5)c5oc6ccccc6c5c4c4ccccc34)cc2)cc1. The van der Waals surface area contributed by atoms with Gasteiger partial charge >= 0.3 is 0 Å². The van der Waals surface area contributed by atoms with Crippen molar-refractivity contribution in [3.05, 3.63) is 200 Å². The Balaban J connectivity index is 1.26. The first-order valence-electron chi connectivity index (χ1n) is 17.8. The summed E-state index contributed by atoms with van der Waals surface area (Å²) in [6.07, 6.45) is 0. The van der Waals surface area contributed by atoms with Crippen LogP contribution in [0.5, 0.6) is 0 Å². The van der Waals surface area contributed by atoms with Crippen molar-refractivity contribution in [2.45, 2.75) is 0 Å². The topological polar surface area (TPSA) is 16.4 Å². The van der Waals surface area contributed by atoms with Gasteiger partial charge in [-0.05, 0) is 81.1 Å². The predicted molar refractivity (Wildman–Crippen MR) is 220 cm³/mol. The second-order valence-electron chi connectivity index (χ2n) is 13.3. The summed E-state index contributed by atoms with van der Waals surface area (Å²) >= 11 is 0. The molecule has 0 aliphatic rings. The maximum Gasteiger partial charge on any atom is 0.143 e. The third-order valence-corrected chi connectivity index (χ3v) is 10.2. The number of furan rings is 1. The molecule has 1 heterocycles. The van der Waals surface area contributed by atoms with Crippen LogP contribution in [0.2, 0.25) is 0 Å². The lowest BCUT2D eigenvalue weighted by Gasteiger charge is -2.28. The quantitative estimate of drug-likeness (QED) is 0.165. The smallest absolute Gasteiger partial charge is 0.143 e. The molecule has 0 saturated carbocycles. The fraction of sp³-hybridized carbons (Fsp3) is 0. The molecule has 0 bridgehead atoms. The molecular weight excluding hydrogens is 631 g/mol. The van der Waals surface area contributed by atoms with Gasteiger partial charge in [-0.25, -0.2) is 0 Å². The number of hydrogen-bond acceptors (Lipinski definition) is 2. The second kappa shape index (κ2) is 12.5. The van der Waals surface area contributed by atoms with Crippen LogP contribution in [-0.4, -0.2) is 0 Å². The van der Waals surface area contributed by atoms with Crippen molar-refractivity contribution in [3.8, 4) is 33.4 Å². The molecule has 10 rings (SSSR count). The zero-order valence-corrected chi connectivity index (χ0v) is 28.4. The Hall–Kier alpha value is -6.90. The Morgan fingerprint density at radius 1 is 0.346 bits per heavy atom. The molecule has 0 spiro atoms. The first-order chi connectivity index (χ1) is 25.8. The fourth-order valence-electron chi connectivity index (χ4n) is 7.79. The van der Waals surface area contributed by atoms with E-state index in [0.29, 0.717) is 0 Å². The summed E-state index contributed by atoms with van der Waals surface area (Å²) in [5, 5.41) is 7.02. The maximum absolute atomic E-state index is 6.70. The molecule has 0 fully saturated rings. The van der Waals surface area contributed by atoms with Crippen LogP contribution >= 0.6 is 0 Å². The van der Waals surface area contributed by atoms with Gasteiger partial charge in [0.1, 0.15) is 11.2 Å². The Morgan fingerprint density at radius 3 is 1.38 bits per heavy atom. The summed E-state index contributed by atoms with van der Waals surface area (Å²) < 4.78 is 6.70. The lowest BCUT2D eigenvalue weighted by atomic mass is 9.91. The van der Waals surface area contributed by atoms with Crippen LogP contribution in [0.4, 0.5) is 17.1 Å². The van der Waals surface area contributed by atoms with Gasteiger partial charge in [0, 0.05) is 38.5 Å². The number of nitrogens with zero attached hydrogens (tertiary/aromatic N) is 1. The van der Waals surface area contributed by atoms with E-state index in [4.69, 9.17) is 4.42 Å². The average Bonchev–Trinajstić information content (AvgIpc) is 3.62. The maximum atomic E-state index is 6.70. The van der Waals surface area contributed by atoms with Crippen LogP contribution in [-0.2, 0) is 0 Å². The van der Waals surface area contributed by atoms with E-state index in [9.17, 15) is 0 Å². The number of fused-ring (bicyclic) bond motifs is 7. The molecule has 0 N–H and O–H groups in total. The first kappa shape index (κ1) is 30.0. The molecule has 52 heavy (non-hydrogen) atoms. The van der Waals surface area contributed by atoms with E-state index in [0.717, 1.165) is 50.1 Å². The van der Waals surface area contributed by atoms with Crippen LogP contribution < -0.4 is 4.90 Å². The minimum atomic E-state index is 0.897. The molecule has 0 aliphatic heterocycles. The monoisotopic (exact) mass is 663 g/mol. The minimum absolute atomic E-state index is 0.897. The van der Waals surface area contributed by atoms with Crippen molar-refractivity contribution in [1.82, 2.24) is 0 Å². The molecule has 244 valence electrons. The highest BCUT2D eigenvalue weighted by Gasteiger charge is 2.22. The molecule has 2 nitrogen and oxygen atoms in total. The molecule has 0 unspecified atom stereocenters. The molecule has 0 amide bonds. The van der Waals surface area contributed by atoms with Crippen LogP contribution in [0.1, 0.15) is 0 Å². The summed E-state index contributed by atoms with van der Waals surface area (Å²) in [4.78, 5) is 2.41. The Kier molecular flexibility index (Phi) is 7.18. The molecule has 0 atom stereocenters. The highest BCUT2D eigenvalue weighted by Crippen LogP contribution is 2.48. The fourth-order valence-corrected chi connectivity index (χ4v) is 7.79. The Morgan fingerprint density at radius 2 is 0.808 bits per heavy atom. The zero-order chi connectivity index (χ0) is 34.4. The Bertz CT molecular complexity index is 2770. The van der Waals surface area contributed by atoms with Crippen LogP contribution in [0.15, 0.2) is 205 Å². The van der Waals surface area contributed by atoms with Crippen molar-refractivity contribution >= 4 is 60.5 Å². The highest BCUT2D eigenvalue weighted by atomic mass is 16.3. The number of para-hydroxylation sites is 1. The third kappa shape index (κ3) is 5.04. The van der Waals surface area contributed by atoms with Crippen molar-refractivity contribution in [2.75, 3.05) is 4.90 Å². The van der Waals surface area contributed by atoms with E-state index >= 15 is 0 Å². The lowest BCUT2D eigenvalue weighted by Crippen LogP contribution is -2.10. The summed E-state index contributed by atoms with van der Waals surface area (Å²) in [5.74, 6) is 0. The summed E-state index contributed by atoms with van der Waals surface area (Å²) in [6, 6.07) is 71.6. The molecule has 0 radical (unpaired) electrons. The van der Waals surface area contributed by atoms with E-state index in [-0.39, 0.29) is 0 Å².